The Balaban J connectivity index is 0.00000161. The Morgan fingerprint density at radius 1 is 1.29 bits per heavy atom. The average molecular weight is 401 g/mol. The molecule has 0 radical (unpaired) electrons. The Hall–Kier alpha value is -0.980. The van der Waals surface area contributed by atoms with E-state index >= 15 is 0 Å². The van der Waals surface area contributed by atoms with Crippen molar-refractivity contribution in [2.45, 2.75) is 24.7 Å². The highest BCUT2D eigenvalue weighted by Gasteiger charge is 2.38. The molecule has 1 aliphatic carbocycles. The first-order valence-corrected chi connectivity index (χ1v) is 7.37. The largest absolute Gasteiger partial charge is 0.497 e. The predicted molar refractivity (Wildman–Crippen MR) is 96.9 cm³/mol. The monoisotopic (exact) mass is 401 g/mol. The fraction of sp³-hybridized carbons (Fsp3) is 0.562. The van der Waals surface area contributed by atoms with Crippen LogP contribution in [0.25, 0.3) is 0 Å². The summed E-state index contributed by atoms with van der Waals surface area (Å²) in [5.74, 6) is 1.97. The van der Waals surface area contributed by atoms with Gasteiger partial charge >= 0.3 is 0 Å². The van der Waals surface area contributed by atoms with Crippen molar-refractivity contribution in [2.24, 2.45) is 4.99 Å². The van der Waals surface area contributed by atoms with Crippen molar-refractivity contribution < 1.29 is 4.74 Å². The predicted octanol–water partition coefficient (Wildman–Crippen LogP) is 2.63. The van der Waals surface area contributed by atoms with Gasteiger partial charge in [0, 0.05) is 25.6 Å². The van der Waals surface area contributed by atoms with Crippen LogP contribution < -0.4 is 10.1 Å². The number of ether oxygens (including phenoxy) is 1. The summed E-state index contributed by atoms with van der Waals surface area (Å²) in [7, 11) is 3.81. The lowest BCUT2D eigenvalue weighted by molar-refractivity contribution is 0.242. The van der Waals surface area contributed by atoms with Crippen LogP contribution in [-0.2, 0) is 5.41 Å². The number of hydrogen-bond donors (Lipinski definition) is 1. The van der Waals surface area contributed by atoms with E-state index in [-0.39, 0.29) is 29.4 Å². The van der Waals surface area contributed by atoms with Gasteiger partial charge in [0.25, 0.3) is 0 Å². The normalized spacial score (nSPS) is 19.3. The molecular weight excluding hydrogens is 377 g/mol. The lowest BCUT2D eigenvalue weighted by atomic mass is 9.64. The zero-order chi connectivity index (χ0) is 14.0. The first kappa shape index (κ1) is 16.4. The minimum absolute atomic E-state index is 0. The van der Waals surface area contributed by atoms with E-state index in [0.29, 0.717) is 0 Å². The van der Waals surface area contributed by atoms with Crippen LogP contribution in [0.5, 0.6) is 5.75 Å². The Bertz CT molecular complexity index is 497. The molecule has 0 amide bonds. The fourth-order valence-corrected chi connectivity index (χ4v) is 3.09. The third kappa shape index (κ3) is 3.27. The number of guanidine groups is 1. The minimum atomic E-state index is 0. The summed E-state index contributed by atoms with van der Waals surface area (Å²) in [6, 6.07) is 8.54. The van der Waals surface area contributed by atoms with Gasteiger partial charge < -0.3 is 15.0 Å². The van der Waals surface area contributed by atoms with Gasteiger partial charge in [0.05, 0.1) is 13.7 Å². The van der Waals surface area contributed by atoms with Crippen molar-refractivity contribution in [3.8, 4) is 5.75 Å². The molecule has 4 nitrogen and oxygen atoms in total. The zero-order valence-electron chi connectivity index (χ0n) is 12.8. The number of likely N-dealkylation sites (N-methyl/N-ethyl adjacent to an activating group) is 1. The van der Waals surface area contributed by atoms with E-state index in [1.807, 2.05) is 0 Å². The molecule has 0 spiro atoms. The van der Waals surface area contributed by atoms with Crippen molar-refractivity contribution in [2.75, 3.05) is 33.8 Å². The lowest BCUT2D eigenvalue weighted by Crippen LogP contribution is -2.48. The second-order valence-electron chi connectivity index (χ2n) is 5.84. The van der Waals surface area contributed by atoms with Crippen LogP contribution in [0.15, 0.2) is 29.3 Å². The van der Waals surface area contributed by atoms with E-state index in [2.05, 4.69) is 46.5 Å². The number of benzene rings is 1. The second-order valence-corrected chi connectivity index (χ2v) is 5.84. The van der Waals surface area contributed by atoms with Gasteiger partial charge in [-0.25, -0.2) is 0 Å². The smallest absolute Gasteiger partial charge is 0.193 e. The molecule has 2 aliphatic rings. The molecule has 0 atom stereocenters. The van der Waals surface area contributed by atoms with Gasteiger partial charge in [-0.1, -0.05) is 18.6 Å². The third-order valence-electron chi connectivity index (χ3n) is 4.66. The molecule has 3 rings (SSSR count). The molecule has 1 saturated carbocycles. The first-order valence-electron chi connectivity index (χ1n) is 7.37. The standard InChI is InChI=1S/C16H23N3O.HI/c1-19-11-10-17-15(19)18-12-16(8-3-9-16)13-4-6-14(20-2)7-5-13;/h4-7H,3,8-12H2,1-2H3,(H,17,18);1H. The molecule has 1 aromatic carbocycles. The van der Waals surface area contributed by atoms with Gasteiger partial charge in [-0.05, 0) is 30.5 Å². The topological polar surface area (TPSA) is 36.9 Å². The number of halogens is 1. The number of nitrogens with zero attached hydrogens (tertiary/aromatic N) is 2. The van der Waals surface area contributed by atoms with E-state index in [4.69, 9.17) is 4.74 Å². The van der Waals surface area contributed by atoms with Crippen LogP contribution in [0.3, 0.4) is 0 Å². The molecular formula is C16H24IN3O. The molecule has 1 heterocycles. The molecule has 1 N–H and O–H groups in total. The van der Waals surface area contributed by atoms with Crippen LogP contribution in [0.2, 0.25) is 0 Å². The summed E-state index contributed by atoms with van der Waals surface area (Å²) in [4.78, 5) is 6.71. The maximum Gasteiger partial charge on any atom is 0.193 e. The Kier molecular flexibility index (Phi) is 5.35. The van der Waals surface area contributed by atoms with Crippen molar-refractivity contribution in [3.05, 3.63) is 29.8 Å². The number of hydrogen-bond acceptors (Lipinski definition) is 4. The molecule has 1 aliphatic heterocycles. The van der Waals surface area contributed by atoms with Gasteiger partial charge in [-0.2, -0.15) is 0 Å². The number of aliphatic imine (C=N–C) groups is 1. The zero-order valence-corrected chi connectivity index (χ0v) is 15.1. The highest BCUT2D eigenvalue weighted by Crippen LogP contribution is 2.43. The molecule has 0 unspecified atom stereocenters. The van der Waals surface area contributed by atoms with Crippen molar-refractivity contribution in [1.29, 1.82) is 0 Å². The molecule has 1 aromatic rings. The number of rotatable bonds is 4. The van der Waals surface area contributed by atoms with E-state index in [1.165, 1.54) is 24.8 Å². The van der Waals surface area contributed by atoms with Crippen molar-refractivity contribution >= 4 is 29.9 Å². The first-order chi connectivity index (χ1) is 9.73. The second kappa shape index (κ2) is 6.85. The van der Waals surface area contributed by atoms with E-state index < -0.39 is 0 Å². The molecule has 0 saturated heterocycles. The van der Waals surface area contributed by atoms with Gasteiger partial charge in [0.1, 0.15) is 5.75 Å². The molecule has 5 heteroatoms. The van der Waals surface area contributed by atoms with Crippen molar-refractivity contribution in [3.63, 3.8) is 0 Å². The molecule has 116 valence electrons. The summed E-state index contributed by atoms with van der Waals surface area (Å²) in [5.41, 5.74) is 1.69. The Morgan fingerprint density at radius 2 is 2.00 bits per heavy atom. The summed E-state index contributed by atoms with van der Waals surface area (Å²) in [6.45, 7) is 2.91. The van der Waals surface area contributed by atoms with Crippen LogP contribution >= 0.6 is 24.0 Å². The van der Waals surface area contributed by atoms with Gasteiger partial charge in [-0.15, -0.1) is 24.0 Å². The van der Waals surface area contributed by atoms with Crippen molar-refractivity contribution in [1.82, 2.24) is 10.2 Å². The highest BCUT2D eigenvalue weighted by atomic mass is 127. The van der Waals surface area contributed by atoms with Gasteiger partial charge in [-0.3, -0.25) is 4.99 Å². The van der Waals surface area contributed by atoms with Gasteiger partial charge in [0.15, 0.2) is 5.96 Å². The maximum absolute atomic E-state index is 5.25. The van der Waals surface area contributed by atoms with Crippen LogP contribution in [0.4, 0.5) is 0 Å². The molecule has 1 fully saturated rings. The minimum Gasteiger partial charge on any atom is -0.497 e. The SMILES string of the molecule is COc1ccc(C2(CNC3=NCCN3C)CCC2)cc1.I. The van der Waals surface area contributed by atoms with Crippen LogP contribution in [0.1, 0.15) is 24.8 Å². The van der Waals surface area contributed by atoms with Crippen LogP contribution in [-0.4, -0.2) is 44.7 Å². The quantitative estimate of drug-likeness (QED) is 0.789. The van der Waals surface area contributed by atoms with E-state index in [9.17, 15) is 0 Å². The lowest BCUT2D eigenvalue weighted by Gasteiger charge is -2.43. The molecule has 21 heavy (non-hydrogen) atoms. The maximum atomic E-state index is 5.25. The third-order valence-corrected chi connectivity index (χ3v) is 4.66. The van der Waals surface area contributed by atoms with Gasteiger partial charge in [0.2, 0.25) is 0 Å². The Labute approximate surface area is 144 Å². The molecule has 0 aromatic heterocycles. The van der Waals surface area contributed by atoms with E-state index in [0.717, 1.165) is 31.3 Å². The summed E-state index contributed by atoms with van der Waals surface area (Å²) in [6.07, 6.45) is 3.82. The summed E-state index contributed by atoms with van der Waals surface area (Å²) >= 11 is 0. The highest BCUT2D eigenvalue weighted by molar-refractivity contribution is 14.0. The average Bonchev–Trinajstić information content (AvgIpc) is 2.84. The van der Waals surface area contributed by atoms with Crippen LogP contribution in [0, 0.1) is 0 Å². The Morgan fingerprint density at radius 3 is 2.48 bits per heavy atom. The fourth-order valence-electron chi connectivity index (χ4n) is 3.09. The number of methoxy groups -OCH3 is 1. The summed E-state index contributed by atoms with van der Waals surface area (Å²) < 4.78 is 5.25. The molecule has 0 bridgehead atoms. The number of nitrogens with one attached hydrogen (secondary N) is 1. The van der Waals surface area contributed by atoms with E-state index in [1.54, 1.807) is 7.11 Å². The summed E-state index contributed by atoms with van der Waals surface area (Å²) in [5, 5.41) is 3.55.